The fraction of sp³-hybridized carbons (Fsp3) is 0.600. The number of rotatable bonds is 2. The van der Waals surface area contributed by atoms with Crippen LogP contribution in [0.2, 0.25) is 5.15 Å². The Morgan fingerprint density at radius 1 is 1.06 bits per heavy atom. The molecule has 0 bridgehead atoms. The number of aryl methyl sites for hydroxylation is 1. The van der Waals surface area contributed by atoms with Gasteiger partial charge < -0.3 is 14.5 Å². The molecule has 0 unspecified atom stereocenters. The molecule has 1 spiro atoms. The molecule has 2 aromatic rings. The van der Waals surface area contributed by atoms with Crippen molar-refractivity contribution in [3.63, 3.8) is 0 Å². The van der Waals surface area contributed by atoms with Gasteiger partial charge in [-0.2, -0.15) is 31.4 Å². The van der Waals surface area contributed by atoms with Crippen molar-refractivity contribution in [3.8, 4) is 0 Å². The molecule has 2 aliphatic rings. The minimum absolute atomic E-state index is 0.155. The first-order valence-electron chi connectivity index (χ1n) is 10.7. The molecule has 0 saturated carbocycles. The number of likely N-dealkylation sites (tertiary alicyclic amines) is 2. The van der Waals surface area contributed by atoms with Gasteiger partial charge in [-0.25, -0.2) is 14.3 Å². The van der Waals surface area contributed by atoms with Gasteiger partial charge in [0.15, 0.2) is 11.3 Å². The molecule has 0 N–H and O–H groups in total. The van der Waals surface area contributed by atoms with E-state index in [1.54, 1.807) is 17.9 Å². The summed E-state index contributed by atoms with van der Waals surface area (Å²) in [6.07, 6.45) is -15.9. The van der Waals surface area contributed by atoms with Crippen molar-refractivity contribution in [2.75, 3.05) is 19.6 Å². The van der Waals surface area contributed by atoms with Crippen LogP contribution in [-0.4, -0.2) is 80.0 Å². The number of carbonyl (C=O) groups excluding carboxylic acids is 2. The molecule has 0 atom stereocenters. The number of ether oxygens (including phenoxy) is 1. The van der Waals surface area contributed by atoms with Gasteiger partial charge in [0.1, 0.15) is 5.15 Å². The summed E-state index contributed by atoms with van der Waals surface area (Å²) in [5.74, 6) is -0.368. The largest absolute Gasteiger partial charge is 0.434 e. The molecule has 0 radical (unpaired) electrons. The van der Waals surface area contributed by atoms with Crippen molar-refractivity contribution in [3.05, 3.63) is 28.7 Å². The minimum atomic E-state index is -5.79. The van der Waals surface area contributed by atoms with Crippen molar-refractivity contribution in [2.24, 2.45) is 0 Å². The SMILES string of the molecule is Cc1nc2ccc(Cl)nn2c1C(=O)N1CCCC12CCN(C(=O)OC(C(F)(F)F)C(F)(F)F)CC2. The Kier molecular flexibility index (Phi) is 6.31. The third-order valence-corrected chi connectivity index (χ3v) is 6.63. The molecule has 2 saturated heterocycles. The van der Waals surface area contributed by atoms with Crippen LogP contribution in [0, 0.1) is 6.92 Å². The quantitative estimate of drug-likeness (QED) is 0.541. The number of carbonyl (C=O) groups is 2. The first-order chi connectivity index (χ1) is 16.2. The van der Waals surface area contributed by atoms with Gasteiger partial charge in [0.2, 0.25) is 0 Å². The lowest BCUT2D eigenvalue weighted by atomic mass is 9.85. The molecule has 2 aromatic heterocycles. The molecule has 15 heteroatoms. The van der Waals surface area contributed by atoms with Crippen LogP contribution in [0.15, 0.2) is 12.1 Å². The zero-order valence-corrected chi connectivity index (χ0v) is 19.0. The van der Waals surface area contributed by atoms with E-state index in [1.807, 2.05) is 0 Å². The Morgan fingerprint density at radius 2 is 1.69 bits per heavy atom. The van der Waals surface area contributed by atoms with Gasteiger partial charge in [0.05, 0.1) is 5.69 Å². The summed E-state index contributed by atoms with van der Waals surface area (Å²) in [6, 6.07) is 3.14. The number of halogens is 7. The zero-order chi connectivity index (χ0) is 25.8. The minimum Gasteiger partial charge on any atom is -0.426 e. The van der Waals surface area contributed by atoms with Gasteiger partial charge in [0, 0.05) is 25.2 Å². The maximum absolute atomic E-state index is 13.5. The predicted molar refractivity (Wildman–Crippen MR) is 109 cm³/mol. The Morgan fingerprint density at radius 3 is 2.29 bits per heavy atom. The van der Waals surface area contributed by atoms with Crippen LogP contribution < -0.4 is 0 Å². The highest BCUT2D eigenvalue weighted by Crippen LogP contribution is 2.41. The summed E-state index contributed by atoms with van der Waals surface area (Å²) in [4.78, 5) is 32.4. The fourth-order valence-electron chi connectivity index (χ4n) is 4.77. The van der Waals surface area contributed by atoms with Gasteiger partial charge in [-0.1, -0.05) is 11.6 Å². The fourth-order valence-corrected chi connectivity index (χ4v) is 4.91. The monoisotopic (exact) mass is 527 g/mol. The van der Waals surface area contributed by atoms with E-state index in [4.69, 9.17) is 11.6 Å². The number of hydrogen-bond donors (Lipinski definition) is 0. The lowest BCUT2D eigenvalue weighted by Crippen LogP contribution is -2.56. The molecule has 8 nitrogen and oxygen atoms in total. The molecule has 35 heavy (non-hydrogen) atoms. The highest BCUT2D eigenvalue weighted by Gasteiger charge is 2.60. The first kappa shape index (κ1) is 25.3. The van der Waals surface area contributed by atoms with Crippen LogP contribution in [0.25, 0.3) is 5.65 Å². The predicted octanol–water partition coefficient (Wildman–Crippen LogP) is 4.39. The Labute approximate surface area is 199 Å². The van der Waals surface area contributed by atoms with E-state index in [2.05, 4.69) is 14.8 Å². The summed E-state index contributed by atoms with van der Waals surface area (Å²) < 4.78 is 81.6. The second-order valence-corrected chi connectivity index (χ2v) is 8.98. The second-order valence-electron chi connectivity index (χ2n) is 8.59. The van der Waals surface area contributed by atoms with Gasteiger partial charge in [0.25, 0.3) is 12.0 Å². The third kappa shape index (κ3) is 4.71. The van der Waals surface area contributed by atoms with Crippen LogP contribution in [0.1, 0.15) is 41.9 Å². The van der Waals surface area contributed by atoms with Crippen LogP contribution in [0.4, 0.5) is 31.1 Å². The van der Waals surface area contributed by atoms with E-state index in [0.717, 1.165) is 4.90 Å². The van der Waals surface area contributed by atoms with Crippen LogP contribution >= 0.6 is 11.6 Å². The second kappa shape index (κ2) is 8.71. The summed E-state index contributed by atoms with van der Waals surface area (Å²) in [5.41, 5.74) is 0.350. The van der Waals surface area contributed by atoms with Crippen LogP contribution in [0.5, 0.6) is 0 Å². The highest BCUT2D eigenvalue weighted by atomic mass is 35.5. The smallest absolute Gasteiger partial charge is 0.426 e. The number of aromatic nitrogens is 3. The van der Waals surface area contributed by atoms with Crippen molar-refractivity contribution < 1.29 is 40.7 Å². The van der Waals surface area contributed by atoms with Gasteiger partial charge in [-0.3, -0.25) is 4.79 Å². The van der Waals surface area contributed by atoms with Crippen LogP contribution in [-0.2, 0) is 4.74 Å². The number of piperidine rings is 1. The summed E-state index contributed by atoms with van der Waals surface area (Å²) in [7, 11) is 0. The van der Waals surface area contributed by atoms with Crippen molar-refractivity contribution in [2.45, 2.75) is 56.6 Å². The van der Waals surface area contributed by atoms with Gasteiger partial charge >= 0.3 is 18.4 Å². The maximum atomic E-state index is 13.5. The normalized spacial score (nSPS) is 18.7. The lowest BCUT2D eigenvalue weighted by molar-refractivity contribution is -0.308. The summed E-state index contributed by atoms with van der Waals surface area (Å²) in [6.45, 7) is 1.71. The van der Waals surface area contributed by atoms with Crippen LogP contribution in [0.3, 0.4) is 0 Å². The highest BCUT2D eigenvalue weighted by molar-refractivity contribution is 6.29. The molecule has 2 fully saturated rings. The number of alkyl halides is 6. The van der Waals surface area contributed by atoms with Gasteiger partial charge in [-0.05, 0) is 44.7 Å². The average Bonchev–Trinajstić information content (AvgIpc) is 3.30. The molecule has 0 aromatic carbocycles. The molecule has 4 rings (SSSR count). The van der Waals surface area contributed by atoms with E-state index < -0.39 is 30.1 Å². The number of amides is 2. The number of nitrogens with zero attached hydrogens (tertiary/aromatic N) is 5. The maximum Gasteiger partial charge on any atom is 0.434 e. The van der Waals surface area contributed by atoms with E-state index in [9.17, 15) is 35.9 Å². The van der Waals surface area contributed by atoms with Crippen molar-refractivity contribution in [1.82, 2.24) is 24.4 Å². The molecular formula is C20H20ClF6N5O3. The van der Waals surface area contributed by atoms with E-state index in [1.165, 1.54) is 10.6 Å². The Bertz CT molecular complexity index is 1130. The van der Waals surface area contributed by atoms with Crippen molar-refractivity contribution >= 4 is 29.2 Å². The number of imidazole rings is 1. The Hall–Kier alpha value is -2.77. The van der Waals surface area contributed by atoms with E-state index in [0.29, 0.717) is 30.7 Å². The Balaban J connectivity index is 1.50. The van der Waals surface area contributed by atoms with Crippen molar-refractivity contribution in [1.29, 1.82) is 0 Å². The number of hydrogen-bond acceptors (Lipinski definition) is 5. The first-order valence-corrected chi connectivity index (χ1v) is 11.0. The van der Waals surface area contributed by atoms with Gasteiger partial charge in [-0.15, -0.1) is 0 Å². The molecule has 192 valence electrons. The van der Waals surface area contributed by atoms with E-state index >= 15 is 0 Å². The summed E-state index contributed by atoms with van der Waals surface area (Å²) >= 11 is 5.97. The third-order valence-electron chi connectivity index (χ3n) is 6.43. The number of fused-ring (bicyclic) bond motifs is 1. The molecule has 2 aliphatic heterocycles. The molecule has 4 heterocycles. The molecule has 0 aliphatic carbocycles. The standard InChI is InChI=1S/C20H20ClF6N5O3/c1-11-14(32-13(28-11)4-3-12(21)29-32)15(33)31-8-2-5-18(31)6-9-30(10-7-18)17(34)35-16(19(22,23)24)20(25,26)27/h3-4,16H,2,5-10H2,1H3. The molecular weight excluding hydrogens is 508 g/mol. The van der Waals surface area contributed by atoms with E-state index in [-0.39, 0.29) is 42.7 Å². The lowest BCUT2D eigenvalue weighted by Gasteiger charge is -2.44. The molecule has 2 amide bonds. The average molecular weight is 528 g/mol. The zero-order valence-electron chi connectivity index (χ0n) is 18.3. The summed E-state index contributed by atoms with van der Waals surface area (Å²) in [5, 5.41) is 4.30. The topological polar surface area (TPSA) is 80.0 Å².